The van der Waals surface area contributed by atoms with E-state index in [2.05, 4.69) is 5.32 Å². The Morgan fingerprint density at radius 3 is 2.18 bits per heavy atom. The lowest BCUT2D eigenvalue weighted by molar-refractivity contribution is 0.449. The van der Waals surface area contributed by atoms with Crippen LogP contribution in [0.5, 0.6) is 17.2 Å². The van der Waals surface area contributed by atoms with E-state index in [-0.39, 0.29) is 17.2 Å². The molecule has 0 aliphatic heterocycles. The number of phenols is 3. The lowest BCUT2D eigenvalue weighted by atomic mass is 10.2. The van der Waals surface area contributed by atoms with Crippen LogP contribution in [0.2, 0.25) is 0 Å². The van der Waals surface area contributed by atoms with Crippen LogP contribution in [-0.4, -0.2) is 15.3 Å². The van der Waals surface area contributed by atoms with Crippen molar-refractivity contribution in [3.8, 4) is 17.2 Å². The highest BCUT2D eigenvalue weighted by molar-refractivity contribution is 5.55. The van der Waals surface area contributed by atoms with E-state index in [0.29, 0.717) is 12.2 Å². The Labute approximate surface area is 98.8 Å². The summed E-state index contributed by atoms with van der Waals surface area (Å²) < 4.78 is 0. The first kappa shape index (κ1) is 11.1. The number of hydrogen-bond donors (Lipinski definition) is 4. The summed E-state index contributed by atoms with van der Waals surface area (Å²) in [5, 5.41) is 31.2. The number of para-hydroxylation sites is 2. The molecule has 0 heterocycles. The Morgan fingerprint density at radius 2 is 1.53 bits per heavy atom. The normalized spacial score (nSPS) is 10.1. The van der Waals surface area contributed by atoms with E-state index in [1.165, 1.54) is 6.07 Å². The highest BCUT2D eigenvalue weighted by Gasteiger charge is 2.01. The maximum atomic E-state index is 9.54. The van der Waals surface area contributed by atoms with Crippen LogP contribution < -0.4 is 5.32 Å². The number of nitrogens with one attached hydrogen (secondary N) is 1. The predicted molar refractivity (Wildman–Crippen MR) is 65.2 cm³/mol. The average molecular weight is 231 g/mol. The molecule has 17 heavy (non-hydrogen) atoms. The largest absolute Gasteiger partial charge is 0.508 e. The van der Waals surface area contributed by atoms with Gasteiger partial charge < -0.3 is 20.6 Å². The molecule has 4 heteroatoms. The maximum Gasteiger partial charge on any atom is 0.138 e. The van der Waals surface area contributed by atoms with E-state index in [9.17, 15) is 15.3 Å². The van der Waals surface area contributed by atoms with Crippen LogP contribution in [0.1, 0.15) is 5.56 Å². The van der Waals surface area contributed by atoms with Gasteiger partial charge in [0.2, 0.25) is 0 Å². The molecule has 0 aliphatic rings. The second-order valence-electron chi connectivity index (χ2n) is 3.73. The highest BCUT2D eigenvalue weighted by Crippen LogP contribution is 2.24. The zero-order valence-corrected chi connectivity index (χ0v) is 9.09. The zero-order chi connectivity index (χ0) is 12.3. The van der Waals surface area contributed by atoms with Gasteiger partial charge in [-0.2, -0.15) is 0 Å². The topological polar surface area (TPSA) is 72.7 Å². The average Bonchev–Trinajstić information content (AvgIpc) is 2.27. The van der Waals surface area contributed by atoms with E-state index >= 15 is 0 Å². The summed E-state index contributed by atoms with van der Waals surface area (Å²) in [5.41, 5.74) is 1.33. The molecular formula is C13H13NO3. The van der Waals surface area contributed by atoms with E-state index < -0.39 is 0 Å². The Hall–Kier alpha value is -2.36. The van der Waals surface area contributed by atoms with Gasteiger partial charge in [-0.15, -0.1) is 0 Å². The Bertz CT molecular complexity index is 506. The minimum atomic E-state index is 0.0130. The third-order valence-electron chi connectivity index (χ3n) is 2.35. The molecular weight excluding hydrogens is 218 g/mol. The molecule has 4 nitrogen and oxygen atoms in total. The highest BCUT2D eigenvalue weighted by atomic mass is 16.3. The van der Waals surface area contributed by atoms with Crippen LogP contribution in [0.4, 0.5) is 5.69 Å². The van der Waals surface area contributed by atoms with Crippen molar-refractivity contribution in [2.24, 2.45) is 0 Å². The summed E-state index contributed by atoms with van der Waals surface area (Å²) in [7, 11) is 0. The van der Waals surface area contributed by atoms with Gasteiger partial charge in [-0.1, -0.05) is 12.1 Å². The van der Waals surface area contributed by atoms with Gasteiger partial charge in [0, 0.05) is 12.6 Å². The number of phenolic OH excluding ortho intramolecular Hbond substituents is 3. The van der Waals surface area contributed by atoms with E-state index in [0.717, 1.165) is 5.56 Å². The van der Waals surface area contributed by atoms with Gasteiger partial charge in [-0.25, -0.2) is 0 Å². The fourth-order valence-electron chi connectivity index (χ4n) is 1.58. The van der Waals surface area contributed by atoms with Crippen LogP contribution in [0.25, 0.3) is 0 Å². The Morgan fingerprint density at radius 1 is 0.882 bits per heavy atom. The minimum absolute atomic E-state index is 0.0130. The first-order chi connectivity index (χ1) is 8.15. The van der Waals surface area contributed by atoms with Gasteiger partial charge in [0.25, 0.3) is 0 Å². The lowest BCUT2D eigenvalue weighted by Gasteiger charge is -2.08. The van der Waals surface area contributed by atoms with Gasteiger partial charge in [0.1, 0.15) is 17.2 Å². The molecule has 0 atom stereocenters. The van der Waals surface area contributed by atoms with Crippen molar-refractivity contribution >= 4 is 5.69 Å². The molecule has 88 valence electrons. The van der Waals surface area contributed by atoms with Crippen molar-refractivity contribution in [3.63, 3.8) is 0 Å². The van der Waals surface area contributed by atoms with Crippen LogP contribution in [0, 0.1) is 0 Å². The van der Waals surface area contributed by atoms with Crippen molar-refractivity contribution in [3.05, 3.63) is 48.0 Å². The summed E-state index contributed by atoms with van der Waals surface area (Å²) in [6.45, 7) is 0.402. The second-order valence-corrected chi connectivity index (χ2v) is 3.73. The molecule has 0 bridgehead atoms. The first-order valence-corrected chi connectivity index (χ1v) is 5.19. The Balaban J connectivity index is 2.10. The third-order valence-corrected chi connectivity index (χ3v) is 2.35. The number of hydrogen-bond acceptors (Lipinski definition) is 4. The van der Waals surface area contributed by atoms with Gasteiger partial charge in [0.05, 0.1) is 5.69 Å². The quantitative estimate of drug-likeness (QED) is 0.612. The second kappa shape index (κ2) is 4.65. The van der Waals surface area contributed by atoms with Crippen molar-refractivity contribution in [2.45, 2.75) is 6.54 Å². The summed E-state index contributed by atoms with van der Waals surface area (Å²) in [4.78, 5) is 0. The van der Waals surface area contributed by atoms with Crippen molar-refractivity contribution in [1.82, 2.24) is 0 Å². The van der Waals surface area contributed by atoms with Crippen molar-refractivity contribution in [2.75, 3.05) is 5.32 Å². The van der Waals surface area contributed by atoms with Gasteiger partial charge in [0.15, 0.2) is 0 Å². The molecule has 0 saturated heterocycles. The summed E-state index contributed by atoms with van der Waals surface area (Å²) in [6, 6.07) is 11.2. The lowest BCUT2D eigenvalue weighted by Crippen LogP contribution is -1.99. The maximum absolute atomic E-state index is 9.54. The zero-order valence-electron chi connectivity index (χ0n) is 9.09. The molecule has 0 saturated carbocycles. The number of benzene rings is 2. The van der Waals surface area contributed by atoms with E-state index in [1.807, 2.05) is 6.07 Å². The van der Waals surface area contributed by atoms with E-state index in [1.54, 1.807) is 30.3 Å². The number of anilines is 1. The molecule has 0 fully saturated rings. The van der Waals surface area contributed by atoms with E-state index in [4.69, 9.17) is 0 Å². The fourth-order valence-corrected chi connectivity index (χ4v) is 1.58. The molecule has 2 rings (SSSR count). The molecule has 4 N–H and O–H groups in total. The fraction of sp³-hybridized carbons (Fsp3) is 0.0769. The van der Waals surface area contributed by atoms with Gasteiger partial charge in [-0.3, -0.25) is 0 Å². The summed E-state index contributed by atoms with van der Waals surface area (Å²) in [5.74, 6) is 0.190. The van der Waals surface area contributed by atoms with Crippen LogP contribution in [-0.2, 0) is 6.54 Å². The predicted octanol–water partition coefficient (Wildman–Crippen LogP) is 2.42. The summed E-state index contributed by atoms with van der Waals surface area (Å²) in [6.07, 6.45) is 0. The monoisotopic (exact) mass is 231 g/mol. The van der Waals surface area contributed by atoms with Crippen molar-refractivity contribution in [1.29, 1.82) is 0 Å². The SMILES string of the molecule is Oc1cc(O)cc(CNc2ccccc2O)c1. The molecule has 0 unspecified atom stereocenters. The number of rotatable bonds is 3. The van der Waals surface area contributed by atoms with Gasteiger partial charge in [-0.05, 0) is 29.8 Å². The van der Waals surface area contributed by atoms with Crippen LogP contribution in [0.3, 0.4) is 0 Å². The van der Waals surface area contributed by atoms with Crippen LogP contribution >= 0.6 is 0 Å². The molecule has 0 amide bonds. The number of aromatic hydroxyl groups is 3. The molecule has 2 aromatic carbocycles. The van der Waals surface area contributed by atoms with Crippen molar-refractivity contribution < 1.29 is 15.3 Å². The minimum Gasteiger partial charge on any atom is -0.508 e. The molecule has 0 aromatic heterocycles. The molecule has 0 radical (unpaired) electrons. The first-order valence-electron chi connectivity index (χ1n) is 5.19. The smallest absolute Gasteiger partial charge is 0.138 e. The molecule has 2 aromatic rings. The van der Waals surface area contributed by atoms with Gasteiger partial charge >= 0.3 is 0 Å². The molecule has 0 aliphatic carbocycles. The molecule has 0 spiro atoms. The standard InChI is InChI=1S/C13H13NO3/c15-10-5-9(6-11(16)7-10)8-14-12-3-1-2-4-13(12)17/h1-7,14-17H,8H2. The van der Waals surface area contributed by atoms with Crippen LogP contribution in [0.15, 0.2) is 42.5 Å². The third kappa shape index (κ3) is 2.81. The summed E-state index contributed by atoms with van der Waals surface area (Å²) >= 11 is 0. The Kier molecular flexibility index (Phi) is 3.05.